The van der Waals surface area contributed by atoms with Crippen LogP contribution in [0.2, 0.25) is 0 Å². The fraction of sp³-hybridized carbons (Fsp3) is 0.240. The minimum atomic E-state index is -0.470. The minimum absolute atomic E-state index is 0.439. The van der Waals surface area contributed by atoms with Crippen LogP contribution < -0.4 is 11.1 Å². The van der Waals surface area contributed by atoms with Gasteiger partial charge in [-0.2, -0.15) is 5.26 Å². The molecule has 3 aromatic rings. The van der Waals surface area contributed by atoms with Gasteiger partial charge < -0.3 is 11.1 Å². The van der Waals surface area contributed by atoms with Crippen molar-refractivity contribution in [2.24, 2.45) is 5.73 Å². The number of aromatic nitrogens is 1. The molecule has 1 amide bonds. The SMILES string of the molecule is N#C/C(=C\Nc1ccc(C(N)=O)cc1)c1nc(-c2ccc(C3CCCCC3)cc2)cs1. The Morgan fingerprint density at radius 2 is 1.81 bits per heavy atom. The Labute approximate surface area is 186 Å². The maximum Gasteiger partial charge on any atom is 0.248 e. The van der Waals surface area contributed by atoms with Crippen LogP contribution in [0.25, 0.3) is 16.8 Å². The number of rotatable bonds is 6. The highest BCUT2D eigenvalue weighted by atomic mass is 32.1. The number of nitriles is 1. The molecule has 1 heterocycles. The predicted octanol–water partition coefficient (Wildman–Crippen LogP) is 5.93. The molecule has 0 aliphatic heterocycles. The van der Waals surface area contributed by atoms with Gasteiger partial charge in [0.2, 0.25) is 5.91 Å². The summed E-state index contributed by atoms with van der Waals surface area (Å²) >= 11 is 1.45. The molecule has 0 unspecified atom stereocenters. The first-order chi connectivity index (χ1) is 15.1. The van der Waals surface area contributed by atoms with Crippen LogP contribution in [0.4, 0.5) is 5.69 Å². The van der Waals surface area contributed by atoms with E-state index in [-0.39, 0.29) is 0 Å². The fourth-order valence-corrected chi connectivity index (χ4v) is 4.71. The number of nitrogens with zero attached hydrogens (tertiary/aromatic N) is 2. The van der Waals surface area contributed by atoms with Crippen molar-refractivity contribution in [1.82, 2.24) is 4.98 Å². The Morgan fingerprint density at radius 3 is 2.45 bits per heavy atom. The predicted molar refractivity (Wildman–Crippen MR) is 126 cm³/mol. The Kier molecular flexibility index (Phi) is 6.44. The molecule has 0 saturated heterocycles. The maximum absolute atomic E-state index is 11.2. The van der Waals surface area contributed by atoms with E-state index in [0.717, 1.165) is 16.9 Å². The van der Waals surface area contributed by atoms with E-state index in [1.54, 1.807) is 30.5 Å². The number of allylic oxidation sites excluding steroid dienone is 1. The topological polar surface area (TPSA) is 91.8 Å². The molecule has 1 aliphatic carbocycles. The molecule has 1 fully saturated rings. The third kappa shape index (κ3) is 5.01. The molecule has 0 radical (unpaired) electrons. The largest absolute Gasteiger partial charge is 0.366 e. The molecular formula is C25H24N4OS. The van der Waals surface area contributed by atoms with E-state index in [4.69, 9.17) is 5.73 Å². The molecule has 2 aromatic carbocycles. The number of thiazole rings is 1. The first kappa shape index (κ1) is 20.8. The number of anilines is 1. The van der Waals surface area contributed by atoms with Gasteiger partial charge >= 0.3 is 0 Å². The minimum Gasteiger partial charge on any atom is -0.366 e. The summed E-state index contributed by atoms with van der Waals surface area (Å²) in [6.45, 7) is 0. The monoisotopic (exact) mass is 428 g/mol. The highest BCUT2D eigenvalue weighted by molar-refractivity contribution is 7.11. The Morgan fingerprint density at radius 1 is 1.10 bits per heavy atom. The van der Waals surface area contributed by atoms with Crippen molar-refractivity contribution in [3.05, 3.63) is 76.2 Å². The van der Waals surface area contributed by atoms with Crippen LogP contribution in [-0.4, -0.2) is 10.9 Å². The number of hydrogen-bond donors (Lipinski definition) is 2. The summed E-state index contributed by atoms with van der Waals surface area (Å²) in [7, 11) is 0. The number of nitrogens with two attached hydrogens (primary N) is 1. The van der Waals surface area contributed by atoms with Gasteiger partial charge in [0.25, 0.3) is 0 Å². The van der Waals surface area contributed by atoms with E-state index in [0.29, 0.717) is 22.1 Å². The van der Waals surface area contributed by atoms with Crippen LogP contribution in [0, 0.1) is 11.3 Å². The van der Waals surface area contributed by atoms with Gasteiger partial charge in [-0.15, -0.1) is 11.3 Å². The zero-order valence-corrected chi connectivity index (χ0v) is 18.0. The Balaban J connectivity index is 1.46. The van der Waals surface area contributed by atoms with Gasteiger partial charge in [0.05, 0.1) is 5.69 Å². The van der Waals surface area contributed by atoms with Crippen LogP contribution in [0.15, 0.2) is 60.1 Å². The molecule has 0 atom stereocenters. The number of amides is 1. The van der Waals surface area contributed by atoms with Gasteiger partial charge in [-0.25, -0.2) is 4.98 Å². The Bertz CT molecular complexity index is 1120. The molecule has 1 aromatic heterocycles. The van der Waals surface area contributed by atoms with Crippen molar-refractivity contribution in [3.8, 4) is 17.3 Å². The smallest absolute Gasteiger partial charge is 0.248 e. The van der Waals surface area contributed by atoms with E-state index < -0.39 is 5.91 Å². The van der Waals surface area contributed by atoms with Gasteiger partial charge in [0.1, 0.15) is 16.6 Å². The second kappa shape index (κ2) is 9.59. The highest BCUT2D eigenvalue weighted by Gasteiger charge is 2.16. The van der Waals surface area contributed by atoms with Crippen molar-refractivity contribution >= 4 is 28.5 Å². The summed E-state index contributed by atoms with van der Waals surface area (Å²) in [5.41, 5.74) is 10.3. The van der Waals surface area contributed by atoms with Crippen LogP contribution in [-0.2, 0) is 0 Å². The summed E-state index contributed by atoms with van der Waals surface area (Å²) in [5.74, 6) is 0.215. The van der Waals surface area contributed by atoms with E-state index in [2.05, 4.69) is 40.6 Å². The van der Waals surface area contributed by atoms with Gasteiger partial charge in [-0.05, 0) is 48.6 Å². The molecule has 0 spiro atoms. The fourth-order valence-electron chi connectivity index (χ4n) is 3.92. The van der Waals surface area contributed by atoms with Crippen LogP contribution in [0.5, 0.6) is 0 Å². The number of nitrogens with one attached hydrogen (secondary N) is 1. The molecule has 3 N–H and O–H groups in total. The molecule has 31 heavy (non-hydrogen) atoms. The van der Waals surface area contributed by atoms with E-state index >= 15 is 0 Å². The average molecular weight is 429 g/mol. The molecule has 5 nitrogen and oxygen atoms in total. The number of primary amides is 1. The molecule has 1 aliphatic rings. The molecule has 0 bridgehead atoms. The van der Waals surface area contributed by atoms with Crippen molar-refractivity contribution in [2.75, 3.05) is 5.32 Å². The highest BCUT2D eigenvalue weighted by Crippen LogP contribution is 2.34. The second-order valence-corrected chi connectivity index (χ2v) is 8.61. The summed E-state index contributed by atoms with van der Waals surface area (Å²) in [5, 5.41) is 15.3. The lowest BCUT2D eigenvalue weighted by Crippen LogP contribution is -2.10. The summed E-state index contributed by atoms with van der Waals surface area (Å²) in [4.78, 5) is 15.8. The zero-order valence-electron chi connectivity index (χ0n) is 17.2. The summed E-state index contributed by atoms with van der Waals surface area (Å²) in [6, 6.07) is 17.7. The maximum atomic E-state index is 11.2. The van der Waals surface area contributed by atoms with Crippen LogP contribution >= 0.6 is 11.3 Å². The number of carbonyl (C=O) groups excluding carboxylic acids is 1. The van der Waals surface area contributed by atoms with Crippen molar-refractivity contribution in [1.29, 1.82) is 5.26 Å². The third-order valence-electron chi connectivity index (χ3n) is 5.69. The molecule has 156 valence electrons. The average Bonchev–Trinajstić information content (AvgIpc) is 3.30. The molecule has 6 heteroatoms. The lowest BCUT2D eigenvalue weighted by Gasteiger charge is -2.22. The van der Waals surface area contributed by atoms with Crippen molar-refractivity contribution < 1.29 is 4.79 Å². The lowest BCUT2D eigenvalue weighted by atomic mass is 9.84. The van der Waals surface area contributed by atoms with E-state index in [1.807, 2.05) is 5.38 Å². The quantitative estimate of drug-likeness (QED) is 0.476. The second-order valence-electron chi connectivity index (χ2n) is 7.75. The first-order valence-electron chi connectivity index (χ1n) is 10.5. The molecular weight excluding hydrogens is 404 g/mol. The third-order valence-corrected chi connectivity index (χ3v) is 6.57. The molecule has 1 saturated carbocycles. The van der Waals surface area contributed by atoms with Gasteiger partial charge in [0, 0.05) is 28.4 Å². The van der Waals surface area contributed by atoms with E-state index in [1.165, 1.54) is 49.0 Å². The lowest BCUT2D eigenvalue weighted by molar-refractivity contribution is 0.100. The van der Waals surface area contributed by atoms with Crippen molar-refractivity contribution in [2.45, 2.75) is 38.0 Å². The van der Waals surface area contributed by atoms with Crippen molar-refractivity contribution in [3.63, 3.8) is 0 Å². The van der Waals surface area contributed by atoms with Gasteiger partial charge in [-0.3, -0.25) is 4.79 Å². The van der Waals surface area contributed by atoms with Gasteiger partial charge in [-0.1, -0.05) is 43.5 Å². The van der Waals surface area contributed by atoms with Gasteiger partial charge in [0.15, 0.2) is 0 Å². The normalized spacial score (nSPS) is 14.7. The zero-order chi connectivity index (χ0) is 21.6. The number of carbonyl (C=O) groups is 1. The summed E-state index contributed by atoms with van der Waals surface area (Å²) in [6.07, 6.45) is 8.22. The first-order valence-corrected chi connectivity index (χ1v) is 11.3. The molecule has 4 rings (SSSR count). The standard InChI is InChI=1S/C25H24N4OS/c26-14-21(15-28-22-12-10-20(11-13-22)24(27)30)25-29-23(16-31-25)19-8-6-18(7-9-19)17-4-2-1-3-5-17/h6-13,15-17,28H,1-5H2,(H2,27,30)/b21-15+. The summed E-state index contributed by atoms with van der Waals surface area (Å²) < 4.78 is 0. The van der Waals surface area contributed by atoms with Crippen LogP contribution in [0.1, 0.15) is 59.0 Å². The number of hydrogen-bond acceptors (Lipinski definition) is 5. The van der Waals surface area contributed by atoms with E-state index in [9.17, 15) is 10.1 Å². The Hall–Kier alpha value is -3.43. The van der Waals surface area contributed by atoms with Crippen LogP contribution in [0.3, 0.4) is 0 Å². The number of benzene rings is 2.